The van der Waals surface area contributed by atoms with Gasteiger partial charge in [-0.1, -0.05) is 0 Å². The summed E-state index contributed by atoms with van der Waals surface area (Å²) in [5.41, 5.74) is 0.204. The first-order valence-corrected chi connectivity index (χ1v) is 2.43. The Morgan fingerprint density at radius 2 is 2.44 bits per heavy atom. The van der Waals surface area contributed by atoms with Crippen LogP contribution in [0.4, 0.5) is 0 Å². The Labute approximate surface area is 52.1 Å². The Bertz CT molecular complexity index is 193. The van der Waals surface area contributed by atoms with Gasteiger partial charge >= 0.3 is 0 Å². The van der Waals surface area contributed by atoms with Crippen LogP contribution < -0.4 is 0 Å². The predicted molar refractivity (Wildman–Crippen MR) is 31.1 cm³/mol. The van der Waals surface area contributed by atoms with E-state index in [-0.39, 0.29) is 5.70 Å². The second-order valence-corrected chi connectivity index (χ2v) is 1.66. The average molecular weight is 126 g/mol. The molecule has 0 fully saturated rings. The van der Waals surface area contributed by atoms with Crippen molar-refractivity contribution in [3.05, 3.63) is 11.8 Å². The minimum Gasteiger partial charge on any atom is -0.289 e. The Hall–Kier alpha value is -1.16. The summed E-state index contributed by atoms with van der Waals surface area (Å²) in [6.07, 6.45) is 2.80. The van der Waals surface area contributed by atoms with E-state index in [0.717, 1.165) is 5.06 Å². The number of carbonyl (C=O) groups excluding carboxylic acids is 1. The summed E-state index contributed by atoms with van der Waals surface area (Å²) >= 11 is 0. The quantitative estimate of drug-likeness (QED) is 0.495. The van der Waals surface area contributed by atoms with Crippen molar-refractivity contribution < 1.29 is 10.0 Å². The van der Waals surface area contributed by atoms with Gasteiger partial charge in [0.25, 0.3) is 5.91 Å². The van der Waals surface area contributed by atoms with Crippen LogP contribution in [0, 0.1) is 0 Å². The van der Waals surface area contributed by atoms with Crippen LogP contribution >= 0.6 is 0 Å². The molecule has 0 atom stereocenters. The second kappa shape index (κ2) is 1.99. The third-order valence-corrected chi connectivity index (χ3v) is 0.992. The van der Waals surface area contributed by atoms with Gasteiger partial charge in [-0.2, -0.15) is 0 Å². The van der Waals surface area contributed by atoms with Crippen molar-refractivity contribution in [1.82, 2.24) is 5.06 Å². The number of hydrogen-bond acceptors (Lipinski definition) is 3. The molecule has 0 radical (unpaired) electrons. The van der Waals surface area contributed by atoms with Gasteiger partial charge in [0.1, 0.15) is 5.70 Å². The SMILES string of the molecule is CN(O)C1=CC=NC1=O. The van der Waals surface area contributed by atoms with Gasteiger partial charge in [0, 0.05) is 13.3 Å². The van der Waals surface area contributed by atoms with Crippen LogP contribution in [0.3, 0.4) is 0 Å². The normalized spacial score (nSPS) is 16.2. The van der Waals surface area contributed by atoms with Crippen LogP contribution in [-0.2, 0) is 4.79 Å². The van der Waals surface area contributed by atoms with Gasteiger partial charge < -0.3 is 0 Å². The molecule has 0 aromatic heterocycles. The topological polar surface area (TPSA) is 52.9 Å². The van der Waals surface area contributed by atoms with E-state index in [0.29, 0.717) is 0 Å². The summed E-state index contributed by atoms with van der Waals surface area (Å²) in [6, 6.07) is 0. The molecule has 0 aromatic rings. The lowest BCUT2D eigenvalue weighted by atomic mass is 10.4. The molecule has 4 nitrogen and oxygen atoms in total. The van der Waals surface area contributed by atoms with Crippen molar-refractivity contribution >= 4 is 12.1 Å². The summed E-state index contributed by atoms with van der Waals surface area (Å²) in [7, 11) is 1.37. The minimum atomic E-state index is -0.403. The Morgan fingerprint density at radius 3 is 2.67 bits per heavy atom. The molecule has 1 amide bonds. The van der Waals surface area contributed by atoms with E-state index in [1.807, 2.05) is 0 Å². The van der Waals surface area contributed by atoms with E-state index in [1.54, 1.807) is 0 Å². The molecular weight excluding hydrogens is 120 g/mol. The molecule has 0 saturated carbocycles. The highest BCUT2D eigenvalue weighted by Gasteiger charge is 2.13. The number of aliphatic imine (C=N–C) groups is 1. The number of rotatable bonds is 1. The molecule has 0 unspecified atom stereocenters. The van der Waals surface area contributed by atoms with E-state index < -0.39 is 5.91 Å². The molecular formula is C5H6N2O2. The number of allylic oxidation sites excluding steroid dienone is 1. The lowest BCUT2D eigenvalue weighted by molar-refractivity contribution is -0.120. The van der Waals surface area contributed by atoms with E-state index in [4.69, 9.17) is 5.21 Å². The van der Waals surface area contributed by atoms with Gasteiger partial charge in [-0.15, -0.1) is 0 Å². The molecule has 1 N–H and O–H groups in total. The molecule has 1 aliphatic rings. The largest absolute Gasteiger partial charge is 0.295 e. The predicted octanol–water partition coefficient (Wildman–Crippen LogP) is -0.198. The fraction of sp³-hybridized carbons (Fsp3) is 0.200. The lowest BCUT2D eigenvalue weighted by Crippen LogP contribution is -2.16. The summed E-state index contributed by atoms with van der Waals surface area (Å²) in [5.74, 6) is -0.403. The highest BCUT2D eigenvalue weighted by atomic mass is 16.5. The zero-order valence-corrected chi connectivity index (χ0v) is 4.90. The van der Waals surface area contributed by atoms with E-state index in [9.17, 15) is 4.79 Å². The minimum absolute atomic E-state index is 0.204. The van der Waals surface area contributed by atoms with E-state index in [2.05, 4.69) is 4.99 Å². The highest BCUT2D eigenvalue weighted by Crippen LogP contribution is 2.03. The standard InChI is InChI=1S/C5H6N2O2/c1-7(9)4-2-3-6-5(4)8/h2-3,9H,1H3. The van der Waals surface area contributed by atoms with Gasteiger partial charge in [-0.25, -0.2) is 4.99 Å². The number of hydrogen-bond donors (Lipinski definition) is 1. The maximum absolute atomic E-state index is 10.5. The second-order valence-electron chi connectivity index (χ2n) is 1.66. The molecule has 0 aliphatic carbocycles. The Kier molecular flexibility index (Phi) is 1.32. The van der Waals surface area contributed by atoms with Crippen molar-refractivity contribution in [3.8, 4) is 0 Å². The van der Waals surface area contributed by atoms with Crippen molar-refractivity contribution in [1.29, 1.82) is 0 Å². The molecule has 1 rings (SSSR count). The fourth-order valence-electron chi connectivity index (χ4n) is 0.559. The smallest absolute Gasteiger partial charge is 0.289 e. The first-order chi connectivity index (χ1) is 4.22. The van der Waals surface area contributed by atoms with Gasteiger partial charge in [0.2, 0.25) is 0 Å². The average Bonchev–Trinajstić information content (AvgIpc) is 2.13. The van der Waals surface area contributed by atoms with Gasteiger partial charge in [-0.3, -0.25) is 15.1 Å². The summed E-state index contributed by atoms with van der Waals surface area (Å²) in [5, 5.41) is 9.43. The molecule has 48 valence electrons. The zero-order valence-electron chi connectivity index (χ0n) is 4.90. The van der Waals surface area contributed by atoms with Gasteiger partial charge in [-0.05, 0) is 6.08 Å². The van der Waals surface area contributed by atoms with E-state index >= 15 is 0 Å². The van der Waals surface area contributed by atoms with Gasteiger partial charge in [0.05, 0.1) is 0 Å². The molecule has 1 heterocycles. The van der Waals surface area contributed by atoms with Gasteiger partial charge in [0.15, 0.2) is 0 Å². The monoisotopic (exact) mass is 126 g/mol. The molecule has 9 heavy (non-hydrogen) atoms. The van der Waals surface area contributed by atoms with Crippen LogP contribution in [0.5, 0.6) is 0 Å². The van der Waals surface area contributed by atoms with Crippen LogP contribution in [0.2, 0.25) is 0 Å². The number of hydroxylamine groups is 2. The van der Waals surface area contributed by atoms with Crippen LogP contribution in [-0.4, -0.2) is 29.4 Å². The summed E-state index contributed by atoms with van der Waals surface area (Å²) in [6.45, 7) is 0. The molecule has 0 aromatic carbocycles. The van der Waals surface area contributed by atoms with E-state index in [1.165, 1.54) is 19.3 Å². The maximum atomic E-state index is 10.5. The molecule has 0 spiro atoms. The van der Waals surface area contributed by atoms with Crippen LogP contribution in [0.1, 0.15) is 0 Å². The van der Waals surface area contributed by atoms with Crippen molar-refractivity contribution in [3.63, 3.8) is 0 Å². The third kappa shape index (κ3) is 0.972. The lowest BCUT2D eigenvalue weighted by Gasteiger charge is -2.06. The van der Waals surface area contributed by atoms with Crippen molar-refractivity contribution in [2.45, 2.75) is 0 Å². The first kappa shape index (κ1) is 5.97. The van der Waals surface area contributed by atoms with Crippen molar-refractivity contribution in [2.24, 2.45) is 4.99 Å². The van der Waals surface area contributed by atoms with Crippen molar-refractivity contribution in [2.75, 3.05) is 7.05 Å². The number of carbonyl (C=O) groups is 1. The molecule has 4 heteroatoms. The number of nitrogens with zero attached hydrogens (tertiary/aromatic N) is 2. The van der Waals surface area contributed by atoms with Crippen LogP contribution in [0.15, 0.2) is 16.8 Å². The highest BCUT2D eigenvalue weighted by molar-refractivity contribution is 6.07. The summed E-state index contributed by atoms with van der Waals surface area (Å²) in [4.78, 5) is 13.9. The third-order valence-electron chi connectivity index (χ3n) is 0.992. The zero-order chi connectivity index (χ0) is 6.85. The van der Waals surface area contributed by atoms with Crippen LogP contribution in [0.25, 0.3) is 0 Å². The molecule has 0 saturated heterocycles. The molecule has 0 bridgehead atoms. The number of amides is 1. The fourth-order valence-corrected chi connectivity index (χ4v) is 0.559. The Morgan fingerprint density at radius 1 is 1.78 bits per heavy atom. The first-order valence-electron chi connectivity index (χ1n) is 2.43. The Balaban J connectivity index is 2.76. The maximum Gasteiger partial charge on any atom is 0.295 e. The summed E-state index contributed by atoms with van der Waals surface area (Å²) < 4.78 is 0. The molecule has 1 aliphatic heterocycles. The number of likely N-dealkylation sites (N-methyl/N-ethyl adjacent to an activating group) is 1.